The molecule has 1 N–H and O–H groups in total. The highest BCUT2D eigenvalue weighted by Gasteiger charge is 2.33. The number of thiazole rings is 1. The van der Waals surface area contributed by atoms with Crippen LogP contribution in [0.15, 0.2) is 53.1 Å². The fraction of sp³-hybridized carbons (Fsp3) is 0.300. The number of furan rings is 1. The van der Waals surface area contributed by atoms with E-state index in [1.165, 1.54) is 21.5 Å². The Morgan fingerprint density at radius 2 is 1.86 bits per heavy atom. The number of nitrogens with zero attached hydrogens (tertiary/aromatic N) is 5. The number of hydrogen-bond donors (Lipinski definition) is 1. The Kier molecular flexibility index (Phi) is 4.29. The predicted molar refractivity (Wildman–Crippen MR) is 108 cm³/mol. The Labute approximate surface area is 166 Å². The largest absolute Gasteiger partial charge is 0.492 e. The molecule has 0 bridgehead atoms. The van der Waals surface area contributed by atoms with Crippen molar-refractivity contribution in [1.82, 2.24) is 19.5 Å². The number of hydrogen-bond acceptors (Lipinski definition) is 7. The highest BCUT2D eigenvalue weighted by Crippen LogP contribution is 2.40. The minimum Gasteiger partial charge on any atom is -0.492 e. The van der Waals surface area contributed by atoms with Crippen LogP contribution < -0.4 is 4.90 Å². The highest BCUT2D eigenvalue weighted by atomic mass is 32.1. The van der Waals surface area contributed by atoms with E-state index in [0.29, 0.717) is 10.8 Å². The van der Waals surface area contributed by atoms with Crippen LogP contribution in [0.2, 0.25) is 0 Å². The van der Waals surface area contributed by atoms with Crippen LogP contribution in [0.3, 0.4) is 0 Å². The molecule has 4 heterocycles. The van der Waals surface area contributed by atoms with Gasteiger partial charge in [-0.25, -0.2) is 4.98 Å². The summed E-state index contributed by atoms with van der Waals surface area (Å²) in [4.78, 5) is 10.7. The van der Waals surface area contributed by atoms with Gasteiger partial charge in [-0.1, -0.05) is 29.5 Å². The predicted octanol–water partition coefficient (Wildman–Crippen LogP) is 3.31. The molecule has 8 heteroatoms. The summed E-state index contributed by atoms with van der Waals surface area (Å²) < 4.78 is 7.28. The molecule has 0 radical (unpaired) electrons. The van der Waals surface area contributed by atoms with Gasteiger partial charge in [0.05, 0.1) is 11.1 Å². The molecule has 0 amide bonds. The molecule has 1 fully saturated rings. The summed E-state index contributed by atoms with van der Waals surface area (Å²) in [5, 5.41) is 15.1. The Hall–Kier alpha value is -2.84. The van der Waals surface area contributed by atoms with Crippen LogP contribution in [-0.2, 0) is 0 Å². The van der Waals surface area contributed by atoms with Crippen LogP contribution >= 0.6 is 11.3 Å². The molecular formula is C20H21N5O2S. The molecule has 1 aliphatic heterocycles. The molecule has 0 spiro atoms. The van der Waals surface area contributed by atoms with Crippen LogP contribution in [0.25, 0.3) is 4.96 Å². The maximum absolute atomic E-state index is 10.8. The van der Waals surface area contributed by atoms with Crippen LogP contribution in [0, 0.1) is 6.92 Å². The average molecular weight is 395 g/mol. The summed E-state index contributed by atoms with van der Waals surface area (Å²) >= 11 is 1.47. The zero-order valence-corrected chi connectivity index (χ0v) is 16.3. The van der Waals surface area contributed by atoms with Crippen molar-refractivity contribution in [1.29, 1.82) is 0 Å². The van der Waals surface area contributed by atoms with E-state index in [0.717, 1.165) is 36.8 Å². The first-order valence-corrected chi connectivity index (χ1v) is 10.1. The van der Waals surface area contributed by atoms with Crippen molar-refractivity contribution in [3.8, 4) is 5.88 Å². The molecule has 3 aromatic heterocycles. The second kappa shape index (κ2) is 6.96. The summed E-state index contributed by atoms with van der Waals surface area (Å²) in [6, 6.07) is 14.2. The van der Waals surface area contributed by atoms with Crippen molar-refractivity contribution in [2.45, 2.75) is 13.0 Å². The van der Waals surface area contributed by atoms with Crippen LogP contribution in [0.1, 0.15) is 22.5 Å². The van der Waals surface area contributed by atoms with E-state index in [9.17, 15) is 5.11 Å². The standard InChI is InChI=1S/C20H21N5O2S/c1-14-21-20-25(22-14)19(26)18(28-20)17(16-8-5-13-27-16)24-11-9-23(10-12-24)15-6-3-2-4-7-15/h2-8,13,17,26H,9-12H2,1H3/t17-/m0/s1. The van der Waals surface area contributed by atoms with Crippen molar-refractivity contribution in [2.75, 3.05) is 31.1 Å². The molecule has 1 atom stereocenters. The van der Waals surface area contributed by atoms with E-state index in [1.54, 1.807) is 6.26 Å². The van der Waals surface area contributed by atoms with Gasteiger partial charge in [-0.15, -0.1) is 5.10 Å². The molecule has 1 saturated heterocycles. The zero-order valence-electron chi connectivity index (χ0n) is 15.5. The number of piperazine rings is 1. The maximum atomic E-state index is 10.8. The van der Waals surface area contributed by atoms with Crippen molar-refractivity contribution in [3.05, 3.63) is 65.2 Å². The lowest BCUT2D eigenvalue weighted by molar-refractivity contribution is 0.191. The lowest BCUT2D eigenvalue weighted by Crippen LogP contribution is -2.47. The number of aromatic hydroxyl groups is 1. The first-order valence-electron chi connectivity index (χ1n) is 9.33. The average Bonchev–Trinajstić information content (AvgIpc) is 3.43. The summed E-state index contributed by atoms with van der Waals surface area (Å²) in [5.41, 5.74) is 1.24. The van der Waals surface area contributed by atoms with Gasteiger partial charge in [0.1, 0.15) is 17.6 Å². The molecule has 0 unspecified atom stereocenters. The second-order valence-corrected chi connectivity index (χ2v) is 7.93. The van der Waals surface area contributed by atoms with Gasteiger partial charge in [0.15, 0.2) is 0 Å². The molecule has 28 heavy (non-hydrogen) atoms. The third-order valence-electron chi connectivity index (χ3n) is 5.17. The number of benzene rings is 1. The van der Waals surface area contributed by atoms with E-state index in [-0.39, 0.29) is 11.9 Å². The SMILES string of the molecule is Cc1nc2sc([C@H](c3ccco3)N3CCN(c4ccccc4)CC3)c(O)n2n1. The van der Waals surface area contributed by atoms with Crippen molar-refractivity contribution in [3.63, 3.8) is 0 Å². The monoisotopic (exact) mass is 395 g/mol. The van der Waals surface area contributed by atoms with Crippen LogP contribution in [0.5, 0.6) is 5.88 Å². The number of aromatic nitrogens is 3. The lowest BCUT2D eigenvalue weighted by Gasteiger charge is -2.39. The van der Waals surface area contributed by atoms with Gasteiger partial charge in [-0.3, -0.25) is 4.90 Å². The molecule has 5 rings (SSSR count). The minimum atomic E-state index is -0.151. The van der Waals surface area contributed by atoms with E-state index < -0.39 is 0 Å². The summed E-state index contributed by atoms with van der Waals surface area (Å²) in [6.07, 6.45) is 1.68. The van der Waals surface area contributed by atoms with E-state index >= 15 is 0 Å². The Morgan fingerprint density at radius 1 is 1.07 bits per heavy atom. The maximum Gasteiger partial charge on any atom is 0.230 e. The van der Waals surface area contributed by atoms with Gasteiger partial charge in [0.2, 0.25) is 10.8 Å². The van der Waals surface area contributed by atoms with Crippen molar-refractivity contribution >= 4 is 22.0 Å². The van der Waals surface area contributed by atoms with Gasteiger partial charge in [0.25, 0.3) is 0 Å². The van der Waals surface area contributed by atoms with Gasteiger partial charge < -0.3 is 14.4 Å². The van der Waals surface area contributed by atoms with Crippen LogP contribution in [-0.4, -0.2) is 50.8 Å². The fourth-order valence-electron chi connectivity index (χ4n) is 3.83. The van der Waals surface area contributed by atoms with E-state index in [1.807, 2.05) is 25.1 Å². The number of anilines is 1. The van der Waals surface area contributed by atoms with Crippen LogP contribution in [0.4, 0.5) is 5.69 Å². The fourth-order valence-corrected chi connectivity index (χ4v) is 4.97. The molecular weight excluding hydrogens is 374 g/mol. The molecule has 0 aliphatic carbocycles. The minimum absolute atomic E-state index is 0.146. The highest BCUT2D eigenvalue weighted by molar-refractivity contribution is 7.17. The molecule has 144 valence electrons. The first-order chi connectivity index (χ1) is 13.7. The summed E-state index contributed by atoms with van der Waals surface area (Å²) in [7, 11) is 0. The molecule has 4 aromatic rings. The van der Waals surface area contributed by atoms with E-state index in [2.05, 4.69) is 44.1 Å². The molecule has 1 aliphatic rings. The number of rotatable bonds is 4. The zero-order chi connectivity index (χ0) is 19.1. The number of aryl methyl sites for hydroxylation is 1. The second-order valence-electron chi connectivity index (χ2n) is 6.92. The quantitative estimate of drug-likeness (QED) is 0.572. The third-order valence-corrected chi connectivity index (χ3v) is 6.24. The summed E-state index contributed by atoms with van der Waals surface area (Å²) in [5.74, 6) is 1.62. The van der Waals surface area contributed by atoms with Crippen molar-refractivity contribution in [2.24, 2.45) is 0 Å². The number of para-hydroxylation sites is 1. The lowest BCUT2D eigenvalue weighted by atomic mass is 10.1. The first kappa shape index (κ1) is 17.3. The normalized spacial score (nSPS) is 16.7. The third kappa shape index (κ3) is 2.94. The Balaban J connectivity index is 1.45. The smallest absolute Gasteiger partial charge is 0.230 e. The topological polar surface area (TPSA) is 70.0 Å². The Morgan fingerprint density at radius 3 is 2.54 bits per heavy atom. The van der Waals surface area contributed by atoms with Crippen molar-refractivity contribution < 1.29 is 9.52 Å². The van der Waals surface area contributed by atoms with Gasteiger partial charge in [-0.2, -0.15) is 4.52 Å². The van der Waals surface area contributed by atoms with Gasteiger partial charge >= 0.3 is 0 Å². The molecule has 0 saturated carbocycles. The van der Waals surface area contributed by atoms with Gasteiger partial charge in [-0.05, 0) is 31.2 Å². The molecule has 1 aromatic carbocycles. The Bertz CT molecular complexity index is 1070. The summed E-state index contributed by atoms with van der Waals surface area (Å²) in [6.45, 7) is 5.40. The van der Waals surface area contributed by atoms with E-state index in [4.69, 9.17) is 4.42 Å². The molecule has 7 nitrogen and oxygen atoms in total. The number of fused-ring (bicyclic) bond motifs is 1. The van der Waals surface area contributed by atoms with Gasteiger partial charge in [0, 0.05) is 31.9 Å².